The number of aliphatic hydroxyl groups excluding tert-OH is 1. The van der Waals surface area contributed by atoms with Crippen molar-refractivity contribution < 1.29 is 18.3 Å². The Bertz CT molecular complexity index is 735. The van der Waals surface area contributed by atoms with Gasteiger partial charge in [-0.15, -0.1) is 0 Å². The molecule has 6 nitrogen and oxygen atoms in total. The van der Waals surface area contributed by atoms with Gasteiger partial charge in [-0.2, -0.15) is 0 Å². The van der Waals surface area contributed by atoms with Gasteiger partial charge in [0.15, 0.2) is 0 Å². The van der Waals surface area contributed by atoms with Crippen LogP contribution in [0.5, 0.6) is 0 Å². The van der Waals surface area contributed by atoms with Gasteiger partial charge in [-0.1, -0.05) is 17.7 Å². The topological polar surface area (TPSA) is 77.9 Å². The number of β-amino-alcohol motifs (C(OH)–C–C–N with tert-alkyl or cyclic N) is 1. The molecule has 0 aromatic heterocycles. The van der Waals surface area contributed by atoms with Crippen LogP contribution in [0.1, 0.15) is 22.3 Å². The Hall–Kier alpha value is -1.44. The van der Waals surface area contributed by atoms with E-state index in [9.17, 15) is 18.3 Å². The predicted octanol–water partition coefficient (Wildman–Crippen LogP) is 0.865. The predicted molar refractivity (Wildman–Crippen MR) is 97.9 cm³/mol. The number of amides is 1. The Balaban J connectivity index is 2.07. The molecule has 1 amide bonds. The van der Waals surface area contributed by atoms with Crippen molar-refractivity contribution in [3.8, 4) is 0 Å². The summed E-state index contributed by atoms with van der Waals surface area (Å²) in [7, 11) is -0.456. The summed E-state index contributed by atoms with van der Waals surface area (Å²) < 4.78 is 25.2. The molecule has 1 saturated heterocycles. The maximum atomic E-state index is 12.6. The van der Waals surface area contributed by atoms with Crippen LogP contribution in [0.3, 0.4) is 0 Å². The Kier molecular flexibility index (Phi) is 5.91. The molecular formula is C18H28N2O4S. The van der Waals surface area contributed by atoms with Crippen LogP contribution in [0.4, 0.5) is 0 Å². The molecule has 2 rings (SSSR count). The van der Waals surface area contributed by atoms with Crippen LogP contribution < -0.4 is 0 Å². The van der Waals surface area contributed by atoms with Gasteiger partial charge in [0.1, 0.15) is 0 Å². The summed E-state index contributed by atoms with van der Waals surface area (Å²) in [6.07, 6.45) is -0.531. The summed E-state index contributed by atoms with van der Waals surface area (Å²) in [5.74, 6) is -0.663. The molecule has 1 aliphatic heterocycles. The van der Waals surface area contributed by atoms with Crippen LogP contribution in [0, 0.1) is 26.7 Å². The molecule has 0 unspecified atom stereocenters. The van der Waals surface area contributed by atoms with Gasteiger partial charge in [0, 0.05) is 33.1 Å². The summed E-state index contributed by atoms with van der Waals surface area (Å²) in [5.41, 5.74) is 4.33. The van der Waals surface area contributed by atoms with Crippen molar-refractivity contribution in [2.24, 2.45) is 5.92 Å². The van der Waals surface area contributed by atoms with E-state index in [-0.39, 0.29) is 31.2 Å². The number of aryl methyl sites for hydroxylation is 3. The maximum Gasteiger partial charge on any atom is 0.227 e. The van der Waals surface area contributed by atoms with Gasteiger partial charge in [0.2, 0.25) is 15.9 Å². The smallest absolute Gasteiger partial charge is 0.227 e. The van der Waals surface area contributed by atoms with Crippen LogP contribution in [0.15, 0.2) is 12.1 Å². The van der Waals surface area contributed by atoms with E-state index in [2.05, 4.69) is 12.1 Å². The van der Waals surface area contributed by atoms with E-state index in [1.165, 1.54) is 14.1 Å². The van der Waals surface area contributed by atoms with Crippen LogP contribution >= 0.6 is 0 Å². The number of hydrogen-bond acceptors (Lipinski definition) is 4. The lowest BCUT2D eigenvalue weighted by Gasteiger charge is -2.19. The van der Waals surface area contributed by atoms with Gasteiger partial charge < -0.3 is 10.0 Å². The Morgan fingerprint density at radius 1 is 1.20 bits per heavy atom. The third-order valence-electron chi connectivity index (χ3n) is 4.91. The first-order valence-electron chi connectivity index (χ1n) is 8.44. The van der Waals surface area contributed by atoms with Gasteiger partial charge in [-0.3, -0.25) is 4.79 Å². The summed E-state index contributed by atoms with van der Waals surface area (Å²) >= 11 is 0. The lowest BCUT2D eigenvalue weighted by Crippen LogP contribution is -2.34. The zero-order valence-electron chi connectivity index (χ0n) is 15.6. The molecule has 1 aliphatic rings. The zero-order chi connectivity index (χ0) is 18.9. The molecule has 25 heavy (non-hydrogen) atoms. The molecule has 7 heteroatoms. The first-order valence-corrected chi connectivity index (χ1v) is 10.0. The summed E-state index contributed by atoms with van der Waals surface area (Å²) in [5, 5.41) is 10.2. The van der Waals surface area contributed by atoms with Gasteiger partial charge in [-0.05, 0) is 37.5 Å². The second-order valence-corrected chi connectivity index (χ2v) is 9.47. The molecular weight excluding hydrogens is 340 g/mol. The standard InChI is InChI=1S/C18H28N2O4S/c1-12-6-13(2)16(14(3)7-12)8-18(22)20-9-15(17(21)10-20)11-25(23,24)19(4)5/h6-7,15,17,21H,8-11H2,1-5H3/t15-,17+/m0/s1. The van der Waals surface area contributed by atoms with Crippen molar-refractivity contribution >= 4 is 15.9 Å². The average Bonchev–Trinajstić information content (AvgIpc) is 2.83. The minimum absolute atomic E-state index is 0.0705. The number of hydrogen-bond donors (Lipinski definition) is 1. The minimum Gasteiger partial charge on any atom is -0.391 e. The lowest BCUT2D eigenvalue weighted by atomic mass is 9.97. The minimum atomic E-state index is -3.41. The highest BCUT2D eigenvalue weighted by Crippen LogP contribution is 2.23. The number of nitrogens with zero attached hydrogens (tertiary/aromatic N) is 2. The highest BCUT2D eigenvalue weighted by molar-refractivity contribution is 7.89. The Morgan fingerprint density at radius 3 is 2.28 bits per heavy atom. The third kappa shape index (κ3) is 4.59. The number of sulfonamides is 1. The lowest BCUT2D eigenvalue weighted by molar-refractivity contribution is -0.129. The molecule has 2 atom stereocenters. The molecule has 1 aromatic carbocycles. The Labute approximate surface area is 150 Å². The molecule has 0 spiro atoms. The number of benzene rings is 1. The molecule has 140 valence electrons. The maximum absolute atomic E-state index is 12.6. The summed E-state index contributed by atoms with van der Waals surface area (Å²) in [4.78, 5) is 14.2. The van der Waals surface area contributed by atoms with Crippen LogP contribution in [-0.2, 0) is 21.2 Å². The van der Waals surface area contributed by atoms with Gasteiger partial charge in [0.25, 0.3) is 0 Å². The van der Waals surface area contributed by atoms with Crippen LogP contribution in [0.25, 0.3) is 0 Å². The van der Waals surface area contributed by atoms with Crippen LogP contribution in [0.2, 0.25) is 0 Å². The van der Waals surface area contributed by atoms with Gasteiger partial charge >= 0.3 is 0 Å². The summed E-state index contributed by atoms with van der Waals surface area (Å²) in [6.45, 7) is 6.48. The molecule has 1 heterocycles. The fraction of sp³-hybridized carbons (Fsp3) is 0.611. The number of aliphatic hydroxyl groups is 1. The van der Waals surface area contributed by atoms with E-state index in [4.69, 9.17) is 0 Å². The number of likely N-dealkylation sites (tertiary alicyclic amines) is 1. The fourth-order valence-electron chi connectivity index (χ4n) is 3.39. The van der Waals surface area contributed by atoms with E-state index in [0.29, 0.717) is 0 Å². The van der Waals surface area contributed by atoms with E-state index in [0.717, 1.165) is 26.6 Å². The highest BCUT2D eigenvalue weighted by Gasteiger charge is 2.37. The van der Waals surface area contributed by atoms with Crippen molar-refractivity contribution in [1.29, 1.82) is 0 Å². The molecule has 1 fully saturated rings. The monoisotopic (exact) mass is 368 g/mol. The second-order valence-electron chi connectivity index (χ2n) is 7.24. The largest absolute Gasteiger partial charge is 0.391 e. The molecule has 1 aromatic rings. The third-order valence-corrected chi connectivity index (χ3v) is 6.87. The van der Waals surface area contributed by atoms with E-state index < -0.39 is 22.0 Å². The van der Waals surface area contributed by atoms with E-state index >= 15 is 0 Å². The van der Waals surface area contributed by atoms with Crippen molar-refractivity contribution in [1.82, 2.24) is 9.21 Å². The molecule has 0 bridgehead atoms. The summed E-state index contributed by atoms with van der Waals surface area (Å²) in [6, 6.07) is 4.11. The number of carbonyl (C=O) groups excluding carboxylic acids is 1. The first kappa shape index (κ1) is 19.9. The second kappa shape index (κ2) is 7.43. The van der Waals surface area contributed by atoms with Gasteiger partial charge in [0.05, 0.1) is 18.3 Å². The number of carbonyl (C=O) groups is 1. The van der Waals surface area contributed by atoms with Crippen molar-refractivity contribution in [2.75, 3.05) is 32.9 Å². The molecule has 0 aliphatic carbocycles. The SMILES string of the molecule is Cc1cc(C)c(CC(=O)N2C[C@@H](CS(=O)(=O)N(C)C)[C@H](O)C2)c(C)c1. The normalized spacial score (nSPS) is 21.2. The first-order chi connectivity index (χ1) is 11.5. The average molecular weight is 368 g/mol. The van der Waals surface area contributed by atoms with Crippen molar-refractivity contribution in [3.05, 3.63) is 34.4 Å². The molecule has 1 N–H and O–H groups in total. The quantitative estimate of drug-likeness (QED) is 0.836. The van der Waals surface area contributed by atoms with Gasteiger partial charge in [-0.25, -0.2) is 12.7 Å². The highest BCUT2D eigenvalue weighted by atomic mass is 32.2. The fourth-order valence-corrected chi connectivity index (χ4v) is 4.56. The zero-order valence-corrected chi connectivity index (χ0v) is 16.4. The van der Waals surface area contributed by atoms with Crippen LogP contribution in [-0.4, -0.2) is 67.7 Å². The van der Waals surface area contributed by atoms with Crippen molar-refractivity contribution in [3.63, 3.8) is 0 Å². The molecule has 0 saturated carbocycles. The van der Waals surface area contributed by atoms with E-state index in [1.54, 1.807) is 4.90 Å². The number of rotatable bonds is 5. The van der Waals surface area contributed by atoms with Crippen molar-refractivity contribution in [2.45, 2.75) is 33.3 Å². The molecule has 0 radical (unpaired) electrons. The Morgan fingerprint density at radius 2 is 1.76 bits per heavy atom. The van der Waals surface area contributed by atoms with E-state index in [1.807, 2.05) is 20.8 Å².